The second-order valence-electron chi connectivity index (χ2n) is 7.17. The zero-order valence-electron chi connectivity index (χ0n) is 14.1. The number of fused-ring (bicyclic) bond motifs is 2. The Morgan fingerprint density at radius 2 is 2.35 bits per heavy atom. The van der Waals surface area contributed by atoms with Crippen LogP contribution in [0, 0.1) is 18.3 Å². The number of aliphatic imine (C=N–C) groups is 1. The van der Waals surface area contributed by atoms with Gasteiger partial charge in [-0.25, -0.2) is 4.99 Å². The molecule has 0 amide bonds. The number of guanidine groups is 1. The van der Waals surface area contributed by atoms with E-state index in [2.05, 4.69) is 35.9 Å². The van der Waals surface area contributed by atoms with Crippen LogP contribution in [0.1, 0.15) is 43.0 Å². The minimum absolute atomic E-state index is 0.399. The Labute approximate surface area is 142 Å². The van der Waals surface area contributed by atoms with E-state index in [-0.39, 0.29) is 0 Å². The molecule has 2 saturated carbocycles. The minimum atomic E-state index is 0.399. The lowest BCUT2D eigenvalue weighted by atomic mass is 9.46. The summed E-state index contributed by atoms with van der Waals surface area (Å²) in [6.45, 7) is 6.91. The Balaban J connectivity index is 1.46. The minimum Gasteiger partial charge on any atom is -0.377 e. The van der Waals surface area contributed by atoms with Gasteiger partial charge < -0.3 is 15.4 Å². The van der Waals surface area contributed by atoms with Gasteiger partial charge in [-0.2, -0.15) is 0 Å². The van der Waals surface area contributed by atoms with Crippen molar-refractivity contribution in [3.05, 3.63) is 21.9 Å². The molecule has 3 unspecified atom stereocenters. The maximum absolute atomic E-state index is 6.02. The molecular weight excluding hydrogens is 306 g/mol. The maximum Gasteiger partial charge on any atom is 0.191 e. The number of rotatable bonds is 4. The summed E-state index contributed by atoms with van der Waals surface area (Å²) in [5.41, 5.74) is 1.74. The molecule has 0 aromatic carbocycles. The molecule has 3 fully saturated rings. The van der Waals surface area contributed by atoms with Gasteiger partial charge in [0.05, 0.1) is 12.6 Å². The molecule has 3 atom stereocenters. The molecule has 4 rings (SSSR count). The SMILES string of the molecule is CCNC(=NCc1sccc1C)NC1C2CCOC2C12CCC2. The van der Waals surface area contributed by atoms with Crippen LogP contribution in [-0.2, 0) is 11.3 Å². The molecule has 5 heteroatoms. The Hall–Kier alpha value is -1.07. The van der Waals surface area contributed by atoms with E-state index in [1.807, 2.05) is 0 Å². The third kappa shape index (κ3) is 2.49. The van der Waals surface area contributed by atoms with Crippen molar-refractivity contribution >= 4 is 17.3 Å². The first-order valence-corrected chi connectivity index (χ1v) is 9.82. The zero-order valence-corrected chi connectivity index (χ0v) is 14.9. The van der Waals surface area contributed by atoms with Gasteiger partial charge in [-0.05, 0) is 50.1 Å². The van der Waals surface area contributed by atoms with E-state index in [1.165, 1.54) is 36.1 Å². The van der Waals surface area contributed by atoms with Crippen molar-refractivity contribution in [3.8, 4) is 0 Å². The molecule has 3 aliphatic rings. The normalized spacial score (nSPS) is 31.4. The summed E-state index contributed by atoms with van der Waals surface area (Å²) in [5, 5.41) is 9.35. The lowest BCUT2D eigenvalue weighted by Gasteiger charge is -2.63. The van der Waals surface area contributed by atoms with Crippen LogP contribution in [0.3, 0.4) is 0 Å². The Morgan fingerprint density at radius 1 is 1.48 bits per heavy atom. The van der Waals surface area contributed by atoms with Crippen LogP contribution in [0.25, 0.3) is 0 Å². The molecule has 23 heavy (non-hydrogen) atoms. The lowest BCUT2D eigenvalue weighted by Crippen LogP contribution is -2.72. The number of aryl methyl sites for hydroxylation is 1. The van der Waals surface area contributed by atoms with E-state index in [1.54, 1.807) is 11.3 Å². The molecule has 1 saturated heterocycles. The summed E-state index contributed by atoms with van der Waals surface area (Å²) < 4.78 is 6.02. The van der Waals surface area contributed by atoms with Crippen LogP contribution in [-0.4, -0.2) is 31.3 Å². The number of ether oxygens (including phenoxy) is 1. The zero-order chi connectivity index (χ0) is 15.9. The fourth-order valence-electron chi connectivity index (χ4n) is 4.64. The largest absolute Gasteiger partial charge is 0.377 e. The molecular formula is C18H27N3OS. The van der Waals surface area contributed by atoms with Crippen molar-refractivity contribution < 1.29 is 4.74 Å². The molecule has 2 N–H and O–H groups in total. The molecule has 0 bridgehead atoms. The summed E-state index contributed by atoms with van der Waals surface area (Å²) in [6.07, 6.45) is 5.70. The van der Waals surface area contributed by atoms with Crippen molar-refractivity contribution in [1.82, 2.24) is 10.6 Å². The van der Waals surface area contributed by atoms with E-state index in [0.717, 1.165) is 25.7 Å². The first kappa shape index (κ1) is 15.5. The third-order valence-electron chi connectivity index (χ3n) is 6.02. The van der Waals surface area contributed by atoms with Crippen LogP contribution >= 0.6 is 11.3 Å². The lowest BCUT2D eigenvalue weighted by molar-refractivity contribution is -0.171. The summed E-state index contributed by atoms with van der Waals surface area (Å²) in [7, 11) is 0. The van der Waals surface area contributed by atoms with Crippen LogP contribution in [0.4, 0.5) is 0 Å². The van der Waals surface area contributed by atoms with Crippen LogP contribution in [0.2, 0.25) is 0 Å². The second kappa shape index (κ2) is 6.10. The van der Waals surface area contributed by atoms with E-state index in [0.29, 0.717) is 23.5 Å². The number of thiophene rings is 1. The average Bonchev–Trinajstić information content (AvgIpc) is 3.08. The Bertz CT molecular complexity index is 593. The summed E-state index contributed by atoms with van der Waals surface area (Å²) in [6, 6.07) is 2.72. The fraction of sp³-hybridized carbons (Fsp3) is 0.722. The van der Waals surface area contributed by atoms with E-state index in [4.69, 9.17) is 9.73 Å². The molecule has 1 aliphatic heterocycles. The monoisotopic (exact) mass is 333 g/mol. The van der Waals surface area contributed by atoms with E-state index in [9.17, 15) is 0 Å². The van der Waals surface area contributed by atoms with Gasteiger partial charge in [0.2, 0.25) is 0 Å². The van der Waals surface area contributed by atoms with Crippen LogP contribution in [0.5, 0.6) is 0 Å². The third-order valence-corrected chi connectivity index (χ3v) is 7.03. The quantitative estimate of drug-likeness (QED) is 0.657. The molecule has 4 nitrogen and oxygen atoms in total. The van der Waals surface area contributed by atoms with E-state index >= 15 is 0 Å². The van der Waals surface area contributed by atoms with Gasteiger partial charge in [0.1, 0.15) is 0 Å². The molecule has 2 heterocycles. The second-order valence-corrected chi connectivity index (χ2v) is 8.18. The fourth-order valence-corrected chi connectivity index (χ4v) is 5.47. The molecule has 1 aromatic heterocycles. The molecule has 0 radical (unpaired) electrons. The molecule has 1 spiro atoms. The van der Waals surface area contributed by atoms with Gasteiger partial charge in [0, 0.05) is 35.4 Å². The van der Waals surface area contributed by atoms with Crippen LogP contribution in [0.15, 0.2) is 16.4 Å². The highest BCUT2D eigenvalue weighted by Gasteiger charge is 2.66. The molecule has 1 aromatic rings. The predicted octanol–water partition coefficient (Wildman–Crippen LogP) is 3.07. The standard InChI is InChI=1S/C18H27N3OS/c1-3-19-17(20-11-14-12(2)6-10-23-14)21-15-13-5-9-22-16(13)18(15)7-4-8-18/h6,10,13,15-16H,3-5,7-9,11H2,1-2H3,(H2,19,20,21). The first-order valence-electron chi connectivity index (χ1n) is 8.94. The number of hydrogen-bond acceptors (Lipinski definition) is 3. The maximum atomic E-state index is 6.02. The van der Waals surface area contributed by atoms with Crippen molar-refractivity contribution in [3.63, 3.8) is 0 Å². The van der Waals surface area contributed by atoms with Crippen molar-refractivity contribution in [2.45, 2.75) is 58.2 Å². The summed E-state index contributed by atoms with van der Waals surface area (Å²) in [4.78, 5) is 6.20. The molecule has 126 valence electrons. The van der Waals surface area contributed by atoms with Gasteiger partial charge in [0.15, 0.2) is 5.96 Å². The number of nitrogens with zero attached hydrogens (tertiary/aromatic N) is 1. The summed E-state index contributed by atoms with van der Waals surface area (Å²) >= 11 is 1.80. The van der Waals surface area contributed by atoms with Gasteiger partial charge in [0.25, 0.3) is 0 Å². The average molecular weight is 334 g/mol. The van der Waals surface area contributed by atoms with Gasteiger partial charge in [-0.1, -0.05) is 6.42 Å². The van der Waals surface area contributed by atoms with Gasteiger partial charge in [-0.15, -0.1) is 11.3 Å². The highest BCUT2D eigenvalue weighted by molar-refractivity contribution is 7.10. The predicted molar refractivity (Wildman–Crippen MR) is 94.9 cm³/mol. The van der Waals surface area contributed by atoms with Gasteiger partial charge in [-0.3, -0.25) is 0 Å². The van der Waals surface area contributed by atoms with Crippen LogP contribution < -0.4 is 10.6 Å². The highest BCUT2D eigenvalue weighted by Crippen LogP contribution is 2.62. The van der Waals surface area contributed by atoms with Crippen molar-refractivity contribution in [1.29, 1.82) is 0 Å². The summed E-state index contributed by atoms with van der Waals surface area (Å²) in [5.74, 6) is 1.66. The Morgan fingerprint density at radius 3 is 3.00 bits per heavy atom. The van der Waals surface area contributed by atoms with E-state index < -0.39 is 0 Å². The first-order chi connectivity index (χ1) is 11.2. The molecule has 2 aliphatic carbocycles. The number of hydrogen-bond donors (Lipinski definition) is 2. The highest BCUT2D eigenvalue weighted by atomic mass is 32.1. The van der Waals surface area contributed by atoms with Crippen molar-refractivity contribution in [2.24, 2.45) is 16.3 Å². The Kier molecular flexibility index (Phi) is 4.10. The number of nitrogens with one attached hydrogen (secondary N) is 2. The smallest absolute Gasteiger partial charge is 0.191 e. The topological polar surface area (TPSA) is 45.7 Å². The van der Waals surface area contributed by atoms with Crippen molar-refractivity contribution in [2.75, 3.05) is 13.2 Å². The van der Waals surface area contributed by atoms with Gasteiger partial charge >= 0.3 is 0 Å².